The highest BCUT2D eigenvalue weighted by Crippen LogP contribution is 2.36. The Morgan fingerprint density at radius 1 is 1.32 bits per heavy atom. The van der Waals surface area contributed by atoms with Crippen LogP contribution in [0.25, 0.3) is 0 Å². The van der Waals surface area contributed by atoms with Crippen LogP contribution in [0.2, 0.25) is 0 Å². The molecule has 0 bridgehead atoms. The van der Waals surface area contributed by atoms with Crippen LogP contribution >= 0.6 is 0 Å². The first kappa shape index (κ1) is 14.3. The summed E-state index contributed by atoms with van der Waals surface area (Å²) in [6.07, 6.45) is 5.19. The predicted molar refractivity (Wildman–Crippen MR) is 71.5 cm³/mol. The average molecular weight is 268 g/mol. The second kappa shape index (κ2) is 5.49. The minimum atomic E-state index is -1.03. The summed E-state index contributed by atoms with van der Waals surface area (Å²) >= 11 is 0. The molecule has 0 aromatic rings. The summed E-state index contributed by atoms with van der Waals surface area (Å²) in [4.78, 5) is 25.8. The third kappa shape index (κ3) is 2.48. The Labute approximate surface area is 114 Å². The van der Waals surface area contributed by atoms with Gasteiger partial charge in [-0.05, 0) is 51.5 Å². The van der Waals surface area contributed by atoms with Gasteiger partial charge in [-0.1, -0.05) is 6.42 Å². The molecule has 0 aromatic heterocycles. The lowest BCUT2D eigenvalue weighted by atomic mass is 9.85. The topological polar surface area (TPSA) is 83.6 Å². The maximum absolute atomic E-state index is 12.7. The maximum Gasteiger partial charge on any atom is 0.329 e. The lowest BCUT2D eigenvalue weighted by molar-refractivity contribution is -0.163. The molecule has 1 aliphatic carbocycles. The molecule has 1 aliphatic heterocycles. The number of aliphatic carboxylic acids is 1. The molecule has 1 heterocycles. The van der Waals surface area contributed by atoms with Gasteiger partial charge in [0.25, 0.3) is 0 Å². The van der Waals surface area contributed by atoms with Gasteiger partial charge in [-0.15, -0.1) is 0 Å². The van der Waals surface area contributed by atoms with Gasteiger partial charge in [0.05, 0.1) is 0 Å². The Balaban J connectivity index is 2.18. The average Bonchev–Trinajstić information content (AvgIpc) is 2.86. The van der Waals surface area contributed by atoms with Crippen molar-refractivity contribution in [2.75, 3.05) is 13.1 Å². The van der Waals surface area contributed by atoms with Crippen molar-refractivity contribution in [3.63, 3.8) is 0 Å². The summed E-state index contributed by atoms with van der Waals surface area (Å²) in [5.41, 5.74) is 4.70. The van der Waals surface area contributed by atoms with Crippen LogP contribution in [0.1, 0.15) is 45.4 Å². The molecule has 108 valence electrons. The normalized spacial score (nSPS) is 35.4. The van der Waals surface area contributed by atoms with Crippen LogP contribution in [0, 0.1) is 11.8 Å². The van der Waals surface area contributed by atoms with Crippen LogP contribution in [0.15, 0.2) is 0 Å². The highest BCUT2D eigenvalue weighted by atomic mass is 16.4. The van der Waals surface area contributed by atoms with Crippen LogP contribution < -0.4 is 5.73 Å². The molecule has 5 heteroatoms. The number of hydrogen-bond donors (Lipinski definition) is 2. The Morgan fingerprint density at radius 2 is 2.05 bits per heavy atom. The van der Waals surface area contributed by atoms with Gasteiger partial charge >= 0.3 is 5.97 Å². The van der Waals surface area contributed by atoms with Crippen molar-refractivity contribution in [3.8, 4) is 0 Å². The summed E-state index contributed by atoms with van der Waals surface area (Å²) in [6, 6.07) is 0. The number of rotatable bonds is 3. The molecule has 2 aliphatic rings. The van der Waals surface area contributed by atoms with Crippen LogP contribution in [-0.2, 0) is 9.59 Å². The van der Waals surface area contributed by atoms with Crippen molar-refractivity contribution in [3.05, 3.63) is 0 Å². The highest BCUT2D eigenvalue weighted by molar-refractivity contribution is 5.88. The molecule has 0 radical (unpaired) electrons. The van der Waals surface area contributed by atoms with E-state index in [4.69, 9.17) is 5.73 Å². The molecule has 1 amide bonds. The monoisotopic (exact) mass is 268 g/mol. The zero-order valence-corrected chi connectivity index (χ0v) is 11.6. The van der Waals surface area contributed by atoms with E-state index in [0.717, 1.165) is 32.1 Å². The molecular formula is C14H24N2O3. The number of nitrogens with zero attached hydrogens (tertiary/aromatic N) is 1. The first-order valence-electron chi connectivity index (χ1n) is 7.25. The van der Waals surface area contributed by atoms with Crippen LogP contribution in [-0.4, -0.2) is 40.5 Å². The van der Waals surface area contributed by atoms with Crippen molar-refractivity contribution in [1.29, 1.82) is 0 Å². The fourth-order valence-electron chi connectivity index (χ4n) is 3.54. The summed E-state index contributed by atoms with van der Waals surface area (Å²) in [5, 5.41) is 9.46. The van der Waals surface area contributed by atoms with Gasteiger partial charge in [0.2, 0.25) is 5.91 Å². The van der Waals surface area contributed by atoms with E-state index in [-0.39, 0.29) is 17.7 Å². The maximum atomic E-state index is 12.7. The van der Waals surface area contributed by atoms with Crippen molar-refractivity contribution in [2.24, 2.45) is 17.6 Å². The number of carboxylic acids is 1. The van der Waals surface area contributed by atoms with Crippen molar-refractivity contribution >= 4 is 11.9 Å². The van der Waals surface area contributed by atoms with E-state index in [1.54, 1.807) is 11.8 Å². The Bertz CT molecular complexity index is 372. The van der Waals surface area contributed by atoms with Gasteiger partial charge in [-0.25, -0.2) is 4.79 Å². The number of carboxylic acid groups (broad SMARTS) is 1. The second-order valence-electron chi connectivity index (χ2n) is 6.06. The van der Waals surface area contributed by atoms with E-state index in [2.05, 4.69) is 0 Å². The molecule has 19 heavy (non-hydrogen) atoms. The van der Waals surface area contributed by atoms with Crippen LogP contribution in [0.5, 0.6) is 0 Å². The molecule has 5 nitrogen and oxygen atoms in total. The predicted octanol–water partition coefficient (Wildman–Crippen LogP) is 1.22. The molecular weight excluding hydrogens is 244 g/mol. The number of carbonyl (C=O) groups is 2. The van der Waals surface area contributed by atoms with E-state index >= 15 is 0 Å². The molecule has 2 rings (SSSR count). The first-order valence-corrected chi connectivity index (χ1v) is 7.25. The van der Waals surface area contributed by atoms with Crippen molar-refractivity contribution in [1.82, 2.24) is 4.90 Å². The van der Waals surface area contributed by atoms with E-state index < -0.39 is 11.5 Å². The number of carbonyl (C=O) groups excluding carboxylic acids is 1. The lowest BCUT2D eigenvalue weighted by Crippen LogP contribution is -2.59. The molecule has 0 aromatic carbocycles. The standard InChI is InChI=1S/C14H24N2O3/c1-14(13(18)19)7-2-3-8-16(14)12(17)11-6-4-5-10(11)9-15/h10-11H,2-9,15H2,1H3,(H,18,19). The summed E-state index contributed by atoms with van der Waals surface area (Å²) in [7, 11) is 0. The van der Waals surface area contributed by atoms with Gasteiger partial charge in [-0.3, -0.25) is 4.79 Å². The number of hydrogen-bond acceptors (Lipinski definition) is 3. The fourth-order valence-corrected chi connectivity index (χ4v) is 3.54. The summed E-state index contributed by atoms with van der Waals surface area (Å²) in [6.45, 7) is 2.77. The van der Waals surface area contributed by atoms with Gasteiger partial charge in [0.1, 0.15) is 5.54 Å². The minimum absolute atomic E-state index is 0.0116. The van der Waals surface area contributed by atoms with E-state index in [9.17, 15) is 14.7 Å². The SMILES string of the molecule is CC1(C(=O)O)CCCCN1C(=O)C1CCCC1CN. The quantitative estimate of drug-likeness (QED) is 0.806. The number of amides is 1. The molecule has 0 spiro atoms. The van der Waals surface area contributed by atoms with Crippen LogP contribution in [0.4, 0.5) is 0 Å². The van der Waals surface area contributed by atoms with Crippen LogP contribution in [0.3, 0.4) is 0 Å². The third-order valence-corrected chi connectivity index (χ3v) is 4.90. The summed E-state index contributed by atoms with van der Waals surface area (Å²) in [5.74, 6) is -0.713. The summed E-state index contributed by atoms with van der Waals surface area (Å²) < 4.78 is 0. The largest absolute Gasteiger partial charge is 0.480 e. The smallest absolute Gasteiger partial charge is 0.329 e. The second-order valence-corrected chi connectivity index (χ2v) is 6.06. The number of nitrogens with two attached hydrogens (primary N) is 1. The molecule has 1 saturated carbocycles. The Kier molecular flexibility index (Phi) is 4.13. The number of likely N-dealkylation sites (tertiary alicyclic amines) is 1. The minimum Gasteiger partial charge on any atom is -0.480 e. The van der Waals surface area contributed by atoms with E-state index in [1.165, 1.54) is 0 Å². The van der Waals surface area contributed by atoms with Crippen molar-refractivity contribution in [2.45, 2.75) is 51.0 Å². The van der Waals surface area contributed by atoms with Gasteiger partial charge in [-0.2, -0.15) is 0 Å². The zero-order chi connectivity index (χ0) is 14.0. The van der Waals surface area contributed by atoms with E-state index in [1.807, 2.05) is 0 Å². The number of piperidine rings is 1. The Hall–Kier alpha value is -1.10. The molecule has 1 saturated heterocycles. The molecule has 3 unspecified atom stereocenters. The van der Waals surface area contributed by atoms with Gasteiger partial charge in [0.15, 0.2) is 0 Å². The third-order valence-electron chi connectivity index (χ3n) is 4.90. The van der Waals surface area contributed by atoms with Gasteiger partial charge < -0.3 is 15.7 Å². The fraction of sp³-hybridized carbons (Fsp3) is 0.857. The molecule has 3 N–H and O–H groups in total. The van der Waals surface area contributed by atoms with E-state index in [0.29, 0.717) is 19.5 Å². The zero-order valence-electron chi connectivity index (χ0n) is 11.6. The molecule has 2 fully saturated rings. The Morgan fingerprint density at radius 3 is 2.68 bits per heavy atom. The highest BCUT2D eigenvalue weighted by Gasteiger charge is 2.47. The van der Waals surface area contributed by atoms with Crippen molar-refractivity contribution < 1.29 is 14.7 Å². The lowest BCUT2D eigenvalue weighted by Gasteiger charge is -2.43. The first-order chi connectivity index (χ1) is 9.00. The van der Waals surface area contributed by atoms with Gasteiger partial charge in [0, 0.05) is 12.5 Å². The molecule has 3 atom stereocenters.